The van der Waals surface area contributed by atoms with Gasteiger partial charge in [-0.3, -0.25) is 0 Å². The van der Waals surface area contributed by atoms with Crippen LogP contribution in [0.15, 0.2) is 12.2 Å². The van der Waals surface area contributed by atoms with Gasteiger partial charge in [-0.05, 0) is 20.8 Å². The third-order valence-electron chi connectivity index (χ3n) is 2.04. The Kier molecular flexibility index (Phi) is 10.9. The summed E-state index contributed by atoms with van der Waals surface area (Å²) in [5, 5.41) is 2.45. The molecule has 1 amide bonds. The Hall–Kier alpha value is -1.12. The highest BCUT2D eigenvalue weighted by atomic mass is 79.9. The van der Waals surface area contributed by atoms with Crippen molar-refractivity contribution < 1.29 is 28.8 Å². The first kappa shape index (κ1) is 20.9. The van der Waals surface area contributed by atoms with Gasteiger partial charge >= 0.3 is 12.1 Å². The number of rotatable bonds is 11. The SMILES string of the molecule is C=C(C)C(=O)OCCNC(=O)OCCCOOCC(C)(C)Br. The smallest absolute Gasteiger partial charge is 0.407 e. The molecule has 0 radical (unpaired) electrons. The standard InChI is InChI=1S/C14H24BrNO6/c1-11(2)12(17)19-9-6-16-13(18)20-7-5-8-21-22-10-14(3,4)15/h1,5-10H2,2-4H3,(H,16,18). The normalized spacial score (nSPS) is 10.9. The predicted octanol–water partition coefficient (Wildman–Crippen LogP) is 2.34. The lowest BCUT2D eigenvalue weighted by Gasteiger charge is -2.14. The summed E-state index contributed by atoms with van der Waals surface area (Å²) in [4.78, 5) is 32.2. The second-order valence-corrected chi connectivity index (χ2v) is 7.28. The van der Waals surface area contributed by atoms with Crippen LogP contribution in [0.2, 0.25) is 0 Å². The Bertz CT molecular complexity index is 367. The van der Waals surface area contributed by atoms with Crippen LogP contribution in [0.25, 0.3) is 0 Å². The molecule has 0 spiro atoms. The van der Waals surface area contributed by atoms with Gasteiger partial charge in [0.25, 0.3) is 0 Å². The highest BCUT2D eigenvalue weighted by Crippen LogP contribution is 2.15. The lowest BCUT2D eigenvalue weighted by atomic mass is 10.2. The molecule has 0 saturated heterocycles. The number of halogens is 1. The van der Waals surface area contributed by atoms with E-state index in [0.717, 1.165) is 0 Å². The molecule has 0 unspecified atom stereocenters. The van der Waals surface area contributed by atoms with Crippen molar-refractivity contribution in [1.29, 1.82) is 0 Å². The summed E-state index contributed by atoms with van der Waals surface area (Å²) in [5.41, 5.74) is 0.313. The molecule has 0 rings (SSSR count). The van der Waals surface area contributed by atoms with Gasteiger partial charge in [0.15, 0.2) is 0 Å². The van der Waals surface area contributed by atoms with E-state index in [9.17, 15) is 9.59 Å². The van der Waals surface area contributed by atoms with Gasteiger partial charge in [-0.2, -0.15) is 0 Å². The number of hydrogen-bond acceptors (Lipinski definition) is 6. The summed E-state index contributed by atoms with van der Waals surface area (Å²) in [6, 6.07) is 0. The molecular weight excluding hydrogens is 358 g/mol. The molecule has 0 aromatic rings. The molecular formula is C14H24BrNO6. The second-order valence-electron chi connectivity index (χ2n) is 5.14. The fourth-order valence-corrected chi connectivity index (χ4v) is 1.09. The Balaban J connectivity index is 3.40. The van der Waals surface area contributed by atoms with Crippen LogP contribution in [0.1, 0.15) is 27.2 Å². The second kappa shape index (κ2) is 11.4. The molecule has 0 aliphatic carbocycles. The van der Waals surface area contributed by atoms with Crippen molar-refractivity contribution >= 4 is 28.0 Å². The number of esters is 1. The van der Waals surface area contributed by atoms with Crippen molar-refractivity contribution in [3.63, 3.8) is 0 Å². The summed E-state index contributed by atoms with van der Waals surface area (Å²) in [6.07, 6.45) is -0.0604. The summed E-state index contributed by atoms with van der Waals surface area (Å²) < 4.78 is 9.55. The quantitative estimate of drug-likeness (QED) is 0.148. The van der Waals surface area contributed by atoms with Crippen molar-refractivity contribution in [3.05, 3.63) is 12.2 Å². The molecule has 0 aliphatic heterocycles. The molecule has 0 fully saturated rings. The first-order valence-corrected chi connectivity index (χ1v) is 7.68. The molecule has 128 valence electrons. The number of alkyl halides is 1. The van der Waals surface area contributed by atoms with Crippen molar-refractivity contribution in [3.8, 4) is 0 Å². The molecule has 0 atom stereocenters. The minimum Gasteiger partial charge on any atom is -0.460 e. The average Bonchev–Trinajstić information content (AvgIpc) is 2.40. The van der Waals surface area contributed by atoms with Crippen LogP contribution in [0, 0.1) is 0 Å². The van der Waals surface area contributed by atoms with E-state index < -0.39 is 12.1 Å². The largest absolute Gasteiger partial charge is 0.460 e. The van der Waals surface area contributed by atoms with Crippen molar-refractivity contribution in [2.75, 3.05) is 33.0 Å². The minimum atomic E-state index is -0.575. The minimum absolute atomic E-state index is 0.0695. The summed E-state index contributed by atoms with van der Waals surface area (Å²) >= 11 is 3.41. The van der Waals surface area contributed by atoms with Crippen LogP contribution < -0.4 is 5.32 Å². The van der Waals surface area contributed by atoms with Crippen LogP contribution in [-0.4, -0.2) is 49.4 Å². The van der Waals surface area contributed by atoms with Gasteiger partial charge in [0.2, 0.25) is 0 Å². The molecule has 0 aromatic carbocycles. The molecule has 8 heteroatoms. The monoisotopic (exact) mass is 381 g/mol. The third kappa shape index (κ3) is 13.8. The van der Waals surface area contributed by atoms with Crippen molar-refractivity contribution in [2.24, 2.45) is 0 Å². The number of alkyl carbamates (subject to hydrolysis) is 1. The number of carbonyl (C=O) groups is 2. The van der Waals surface area contributed by atoms with E-state index in [1.807, 2.05) is 13.8 Å². The maximum Gasteiger partial charge on any atom is 0.407 e. The average molecular weight is 382 g/mol. The van der Waals surface area contributed by atoms with E-state index in [1.165, 1.54) is 0 Å². The van der Waals surface area contributed by atoms with E-state index in [1.54, 1.807) is 6.92 Å². The molecule has 0 aliphatic rings. The summed E-state index contributed by atoms with van der Waals surface area (Å²) in [6.45, 7) is 10.1. The first-order chi connectivity index (χ1) is 10.2. The molecule has 0 bridgehead atoms. The van der Waals surface area contributed by atoms with Crippen LogP contribution in [0.5, 0.6) is 0 Å². The van der Waals surface area contributed by atoms with Crippen LogP contribution in [0.4, 0.5) is 4.79 Å². The molecule has 0 heterocycles. The zero-order chi connectivity index (χ0) is 17.0. The van der Waals surface area contributed by atoms with Crippen molar-refractivity contribution in [1.82, 2.24) is 5.32 Å². The van der Waals surface area contributed by atoms with Gasteiger partial charge < -0.3 is 14.8 Å². The third-order valence-corrected chi connectivity index (χ3v) is 2.27. The lowest BCUT2D eigenvalue weighted by molar-refractivity contribution is -0.297. The van der Waals surface area contributed by atoms with Crippen molar-refractivity contribution in [2.45, 2.75) is 31.5 Å². The Morgan fingerprint density at radius 1 is 1.14 bits per heavy atom. The Morgan fingerprint density at radius 3 is 2.41 bits per heavy atom. The zero-order valence-electron chi connectivity index (χ0n) is 13.3. The zero-order valence-corrected chi connectivity index (χ0v) is 14.9. The molecule has 22 heavy (non-hydrogen) atoms. The number of ether oxygens (including phenoxy) is 2. The Labute approximate surface area is 139 Å². The van der Waals surface area contributed by atoms with Gasteiger partial charge in [-0.25, -0.2) is 19.4 Å². The molecule has 0 saturated carbocycles. The van der Waals surface area contributed by atoms with Gasteiger partial charge in [-0.15, -0.1) is 0 Å². The Morgan fingerprint density at radius 2 is 1.82 bits per heavy atom. The molecule has 1 N–H and O–H groups in total. The fourth-order valence-electron chi connectivity index (χ4n) is 0.994. The maximum atomic E-state index is 11.3. The van der Waals surface area contributed by atoms with E-state index in [2.05, 4.69) is 27.8 Å². The van der Waals surface area contributed by atoms with Crippen LogP contribution in [-0.2, 0) is 24.0 Å². The van der Waals surface area contributed by atoms with Gasteiger partial charge in [-0.1, -0.05) is 22.5 Å². The van der Waals surface area contributed by atoms with E-state index >= 15 is 0 Å². The van der Waals surface area contributed by atoms with Gasteiger partial charge in [0.1, 0.15) is 6.61 Å². The molecule has 7 nitrogen and oxygen atoms in total. The molecule has 0 aromatic heterocycles. The number of hydrogen-bond donors (Lipinski definition) is 1. The highest BCUT2D eigenvalue weighted by Gasteiger charge is 2.12. The van der Waals surface area contributed by atoms with Gasteiger partial charge in [0.05, 0.1) is 26.4 Å². The first-order valence-electron chi connectivity index (χ1n) is 6.89. The number of nitrogens with one attached hydrogen (secondary N) is 1. The number of carbonyl (C=O) groups excluding carboxylic acids is 2. The topological polar surface area (TPSA) is 83.1 Å². The summed E-state index contributed by atoms with van der Waals surface area (Å²) in [7, 11) is 0. The number of amides is 1. The van der Waals surface area contributed by atoms with Crippen LogP contribution >= 0.6 is 15.9 Å². The van der Waals surface area contributed by atoms with E-state index in [-0.39, 0.29) is 24.1 Å². The summed E-state index contributed by atoms with van der Waals surface area (Å²) in [5.74, 6) is -0.487. The lowest BCUT2D eigenvalue weighted by Crippen LogP contribution is -2.29. The fraction of sp³-hybridized carbons (Fsp3) is 0.714. The van der Waals surface area contributed by atoms with Gasteiger partial charge in [0, 0.05) is 16.3 Å². The highest BCUT2D eigenvalue weighted by molar-refractivity contribution is 9.10. The van der Waals surface area contributed by atoms with E-state index in [4.69, 9.17) is 19.2 Å². The van der Waals surface area contributed by atoms with Crippen LogP contribution in [0.3, 0.4) is 0 Å². The van der Waals surface area contributed by atoms with E-state index in [0.29, 0.717) is 25.2 Å². The maximum absolute atomic E-state index is 11.3. The predicted molar refractivity (Wildman–Crippen MR) is 84.7 cm³/mol.